The lowest BCUT2D eigenvalue weighted by atomic mass is 10.4. The molecule has 2 rings (SSSR count). The van der Waals surface area contributed by atoms with Gasteiger partial charge in [0.1, 0.15) is 0 Å². The number of hydrogen-bond donors (Lipinski definition) is 2. The number of anilines is 2. The lowest BCUT2D eigenvalue weighted by Crippen LogP contribution is -2.22. The number of esters is 1. The first-order valence-electron chi connectivity index (χ1n) is 6.12. The van der Waals surface area contributed by atoms with Crippen LogP contribution < -0.4 is 10.6 Å². The van der Waals surface area contributed by atoms with Gasteiger partial charge in [0.25, 0.3) is 5.95 Å². The molecule has 0 atom stereocenters. The maximum Gasteiger partial charge on any atom is 0.352 e. The fraction of sp³-hybridized carbons (Fsp3) is 0.167. The number of carbonyl (C=O) groups is 1. The number of aromatic nitrogens is 2. The molecule has 2 aromatic rings. The Morgan fingerprint density at radius 2 is 2.09 bits per heavy atom. The van der Waals surface area contributed by atoms with E-state index in [1.165, 1.54) is 5.51 Å². The summed E-state index contributed by atoms with van der Waals surface area (Å²) in [6.45, 7) is 1.84. The van der Waals surface area contributed by atoms with Crippen molar-refractivity contribution < 1.29 is 22.7 Å². The van der Waals surface area contributed by atoms with Crippen LogP contribution in [-0.2, 0) is 4.74 Å². The maximum atomic E-state index is 13.4. The number of ether oxygens (including phenoxy) is 1. The molecule has 2 aromatic heterocycles. The van der Waals surface area contributed by atoms with E-state index in [0.717, 1.165) is 11.3 Å². The van der Waals surface area contributed by atoms with Crippen LogP contribution in [0.2, 0.25) is 0 Å². The van der Waals surface area contributed by atoms with Crippen molar-refractivity contribution in [2.75, 3.05) is 17.2 Å². The Morgan fingerprint density at radius 3 is 2.78 bits per heavy atom. The molecule has 23 heavy (non-hydrogen) atoms. The van der Waals surface area contributed by atoms with Crippen molar-refractivity contribution in [3.63, 3.8) is 0 Å². The lowest BCUT2D eigenvalue weighted by Gasteiger charge is -2.10. The Labute approximate surface area is 137 Å². The van der Waals surface area contributed by atoms with Gasteiger partial charge in [-0.3, -0.25) is 0 Å². The second-order valence-corrected chi connectivity index (χ2v) is 5.19. The molecule has 0 unspecified atom stereocenters. The molecule has 0 radical (unpaired) electrons. The second-order valence-electron chi connectivity index (χ2n) is 3.93. The smallest absolute Gasteiger partial charge is 0.352 e. The fourth-order valence-corrected chi connectivity index (χ4v) is 2.31. The molecule has 0 aliphatic heterocycles. The Balaban J connectivity index is 2.11. The second kappa shape index (κ2) is 7.33. The van der Waals surface area contributed by atoms with E-state index >= 15 is 0 Å². The monoisotopic (exact) mass is 362 g/mol. The summed E-state index contributed by atoms with van der Waals surface area (Å²) in [7, 11) is 0. The number of carbonyl (C=O) groups excluding carboxylic acids is 1. The van der Waals surface area contributed by atoms with Crippen molar-refractivity contribution in [1.29, 1.82) is 0 Å². The van der Waals surface area contributed by atoms with Crippen LogP contribution in [0, 0.1) is 17.7 Å². The van der Waals surface area contributed by atoms with Crippen molar-refractivity contribution in [1.82, 2.24) is 9.97 Å². The number of nitrogens with zero attached hydrogens (tertiary/aromatic N) is 2. The standard InChI is InChI=1S/C12H9F3N4O2S2/c1-2-21-11(20)7-10(16-4-23-7)19-12(22)17-6-3-5(13)8(14)18-9(6)15/h3-4H,2H2,1H3,(H2,17,19,22). The molecule has 0 saturated carbocycles. The minimum absolute atomic E-state index is 0.0990. The highest BCUT2D eigenvalue weighted by Crippen LogP contribution is 2.21. The molecule has 0 aliphatic carbocycles. The number of pyridine rings is 1. The lowest BCUT2D eigenvalue weighted by molar-refractivity contribution is 0.0533. The van der Waals surface area contributed by atoms with Crippen LogP contribution in [0.25, 0.3) is 0 Å². The van der Waals surface area contributed by atoms with Gasteiger partial charge in [0.15, 0.2) is 21.6 Å². The van der Waals surface area contributed by atoms with Crippen LogP contribution in [-0.4, -0.2) is 27.7 Å². The Kier molecular flexibility index (Phi) is 5.45. The van der Waals surface area contributed by atoms with Gasteiger partial charge in [0.2, 0.25) is 5.95 Å². The van der Waals surface area contributed by atoms with Crippen LogP contribution in [0.1, 0.15) is 16.6 Å². The van der Waals surface area contributed by atoms with Gasteiger partial charge in [-0.2, -0.15) is 13.8 Å². The van der Waals surface area contributed by atoms with Crippen molar-refractivity contribution in [3.8, 4) is 0 Å². The van der Waals surface area contributed by atoms with E-state index in [4.69, 9.17) is 17.0 Å². The Hall–Kier alpha value is -2.27. The summed E-state index contributed by atoms with van der Waals surface area (Å²) in [5, 5.41) is 4.66. The molecule has 2 heterocycles. The van der Waals surface area contributed by atoms with Crippen LogP contribution in [0.5, 0.6) is 0 Å². The van der Waals surface area contributed by atoms with E-state index in [2.05, 4.69) is 20.6 Å². The highest BCUT2D eigenvalue weighted by molar-refractivity contribution is 7.80. The number of nitrogens with one attached hydrogen (secondary N) is 2. The predicted octanol–water partition coefficient (Wildman–Crippen LogP) is 2.94. The van der Waals surface area contributed by atoms with Gasteiger partial charge in [-0.15, -0.1) is 11.3 Å². The maximum absolute atomic E-state index is 13.4. The molecule has 0 fully saturated rings. The van der Waals surface area contributed by atoms with E-state index in [1.807, 2.05) is 0 Å². The highest BCUT2D eigenvalue weighted by Gasteiger charge is 2.18. The zero-order valence-corrected chi connectivity index (χ0v) is 13.2. The summed E-state index contributed by atoms with van der Waals surface area (Å²) in [5.41, 5.74) is 0.922. The first-order valence-corrected chi connectivity index (χ1v) is 7.41. The topological polar surface area (TPSA) is 76.1 Å². The number of rotatable bonds is 4. The van der Waals surface area contributed by atoms with Crippen LogP contribution in [0.3, 0.4) is 0 Å². The van der Waals surface area contributed by atoms with Crippen molar-refractivity contribution in [3.05, 3.63) is 34.2 Å². The molecular weight excluding hydrogens is 353 g/mol. The summed E-state index contributed by atoms with van der Waals surface area (Å²) in [6.07, 6.45) is 0. The van der Waals surface area contributed by atoms with Crippen molar-refractivity contribution >= 4 is 46.1 Å². The van der Waals surface area contributed by atoms with Crippen LogP contribution in [0.4, 0.5) is 24.7 Å². The quantitative estimate of drug-likeness (QED) is 0.492. The minimum Gasteiger partial charge on any atom is -0.462 e. The largest absolute Gasteiger partial charge is 0.462 e. The van der Waals surface area contributed by atoms with E-state index in [1.54, 1.807) is 6.92 Å². The summed E-state index contributed by atoms with van der Waals surface area (Å²) in [6, 6.07) is 0.568. The molecule has 0 saturated heterocycles. The predicted molar refractivity (Wildman–Crippen MR) is 82.0 cm³/mol. The molecule has 0 bridgehead atoms. The average molecular weight is 362 g/mol. The van der Waals surface area contributed by atoms with E-state index in [9.17, 15) is 18.0 Å². The summed E-state index contributed by atoms with van der Waals surface area (Å²) in [5.74, 6) is -4.66. The van der Waals surface area contributed by atoms with Gasteiger partial charge in [-0.25, -0.2) is 14.2 Å². The fourth-order valence-electron chi connectivity index (χ4n) is 1.47. The third kappa shape index (κ3) is 4.13. The van der Waals surface area contributed by atoms with Gasteiger partial charge in [-0.05, 0) is 19.1 Å². The zero-order valence-electron chi connectivity index (χ0n) is 11.5. The minimum atomic E-state index is -1.56. The van der Waals surface area contributed by atoms with Gasteiger partial charge < -0.3 is 15.4 Å². The number of thiocarbonyl (C=S) groups is 1. The molecule has 0 spiro atoms. The molecular formula is C12H9F3N4O2S2. The first-order chi connectivity index (χ1) is 10.9. The van der Waals surface area contributed by atoms with Crippen LogP contribution in [0.15, 0.2) is 11.6 Å². The molecule has 0 amide bonds. The molecule has 0 aromatic carbocycles. The van der Waals surface area contributed by atoms with Gasteiger partial charge in [0.05, 0.1) is 17.8 Å². The zero-order chi connectivity index (χ0) is 17.0. The average Bonchev–Trinajstić information content (AvgIpc) is 2.93. The Morgan fingerprint density at radius 1 is 1.35 bits per heavy atom. The van der Waals surface area contributed by atoms with E-state index < -0.39 is 29.4 Å². The van der Waals surface area contributed by atoms with E-state index in [-0.39, 0.29) is 22.4 Å². The van der Waals surface area contributed by atoms with Crippen LogP contribution >= 0.6 is 23.6 Å². The third-order valence-corrected chi connectivity index (χ3v) is 3.41. The summed E-state index contributed by atoms with van der Waals surface area (Å²) >= 11 is 5.93. The number of hydrogen-bond acceptors (Lipinski definition) is 6. The number of thiazole rings is 1. The summed E-state index contributed by atoms with van der Waals surface area (Å²) in [4.78, 5) is 18.5. The Bertz CT molecular complexity index is 754. The van der Waals surface area contributed by atoms with Gasteiger partial charge in [-0.1, -0.05) is 0 Å². The molecule has 2 N–H and O–H groups in total. The summed E-state index contributed by atoms with van der Waals surface area (Å²) < 4.78 is 44.1. The molecule has 6 nitrogen and oxygen atoms in total. The third-order valence-electron chi connectivity index (χ3n) is 2.40. The molecule has 0 aliphatic rings. The highest BCUT2D eigenvalue weighted by atomic mass is 32.1. The normalized spacial score (nSPS) is 10.3. The molecule has 122 valence electrons. The SMILES string of the molecule is CCOC(=O)c1scnc1NC(=S)Nc1cc(F)c(F)nc1F. The van der Waals surface area contributed by atoms with E-state index in [0.29, 0.717) is 6.07 Å². The van der Waals surface area contributed by atoms with Gasteiger partial charge in [0, 0.05) is 6.07 Å². The number of halogens is 3. The van der Waals surface area contributed by atoms with Gasteiger partial charge >= 0.3 is 5.97 Å². The first kappa shape index (κ1) is 17.1. The van der Waals surface area contributed by atoms with Crippen molar-refractivity contribution in [2.45, 2.75) is 6.92 Å². The molecule has 11 heteroatoms. The van der Waals surface area contributed by atoms with Crippen molar-refractivity contribution in [2.24, 2.45) is 0 Å².